The van der Waals surface area contributed by atoms with E-state index in [2.05, 4.69) is 5.32 Å². The summed E-state index contributed by atoms with van der Waals surface area (Å²) in [6.07, 6.45) is -4.51. The average molecular weight is 373 g/mol. The standard InChI is InChI=1S/C16H12ClF3N2O3/c1-9(10-3-2-4-11(7-10)16(18,19)20)21-15(23)13-6-5-12(17)8-14(13)22(24)25/h2-9H,1H3,(H,21,23). The Morgan fingerprint density at radius 2 is 1.92 bits per heavy atom. The van der Waals surface area contributed by atoms with E-state index in [1.54, 1.807) is 0 Å². The number of rotatable bonds is 4. The molecule has 1 unspecified atom stereocenters. The first kappa shape index (κ1) is 18.7. The molecule has 1 atom stereocenters. The van der Waals surface area contributed by atoms with E-state index in [0.717, 1.165) is 18.2 Å². The molecule has 1 N–H and O–H groups in total. The van der Waals surface area contributed by atoms with E-state index in [1.165, 1.54) is 31.2 Å². The van der Waals surface area contributed by atoms with Crippen LogP contribution in [0.2, 0.25) is 5.02 Å². The molecule has 0 aliphatic rings. The number of hydrogen-bond acceptors (Lipinski definition) is 3. The summed E-state index contributed by atoms with van der Waals surface area (Å²) in [4.78, 5) is 22.5. The highest BCUT2D eigenvalue weighted by Gasteiger charge is 2.31. The van der Waals surface area contributed by atoms with Crippen LogP contribution in [0.1, 0.15) is 34.5 Å². The van der Waals surface area contributed by atoms with E-state index in [1.807, 2.05) is 0 Å². The Labute approximate surface area is 145 Å². The molecular formula is C16H12ClF3N2O3. The first-order valence-corrected chi connectivity index (χ1v) is 7.39. The minimum absolute atomic E-state index is 0.0918. The van der Waals surface area contributed by atoms with Crippen LogP contribution in [0.3, 0.4) is 0 Å². The first-order chi connectivity index (χ1) is 11.6. The number of hydrogen-bond donors (Lipinski definition) is 1. The molecule has 0 aromatic heterocycles. The van der Waals surface area contributed by atoms with Gasteiger partial charge in [-0.3, -0.25) is 14.9 Å². The first-order valence-electron chi connectivity index (χ1n) is 7.01. The number of benzene rings is 2. The number of nitrogens with one attached hydrogen (secondary N) is 1. The molecule has 1 amide bonds. The largest absolute Gasteiger partial charge is 0.416 e. The second kappa shape index (κ2) is 7.10. The van der Waals surface area contributed by atoms with Crippen molar-refractivity contribution in [2.75, 3.05) is 0 Å². The molecule has 0 fully saturated rings. The zero-order valence-electron chi connectivity index (χ0n) is 12.8. The van der Waals surface area contributed by atoms with E-state index in [0.29, 0.717) is 0 Å². The van der Waals surface area contributed by atoms with E-state index in [4.69, 9.17) is 11.6 Å². The number of nitrogens with zero attached hydrogens (tertiary/aromatic N) is 1. The Morgan fingerprint density at radius 1 is 1.24 bits per heavy atom. The molecule has 0 bridgehead atoms. The maximum absolute atomic E-state index is 12.8. The van der Waals surface area contributed by atoms with Gasteiger partial charge in [0, 0.05) is 11.1 Å². The van der Waals surface area contributed by atoms with Crippen LogP contribution in [0, 0.1) is 10.1 Å². The predicted octanol–water partition coefficient (Wildman–Crippen LogP) is 4.76. The third-order valence-corrected chi connectivity index (χ3v) is 3.70. The quantitative estimate of drug-likeness (QED) is 0.621. The molecule has 5 nitrogen and oxygen atoms in total. The number of carbonyl (C=O) groups excluding carboxylic acids is 1. The van der Waals surface area contributed by atoms with Gasteiger partial charge in [-0.25, -0.2) is 0 Å². The molecule has 0 aliphatic carbocycles. The van der Waals surface area contributed by atoms with Gasteiger partial charge in [-0.15, -0.1) is 0 Å². The summed E-state index contributed by atoms with van der Waals surface area (Å²) < 4.78 is 38.3. The van der Waals surface area contributed by atoms with Crippen LogP contribution in [-0.4, -0.2) is 10.8 Å². The Kier molecular flexibility index (Phi) is 5.32. The lowest BCUT2D eigenvalue weighted by Gasteiger charge is -2.16. The van der Waals surface area contributed by atoms with Crippen molar-refractivity contribution in [1.82, 2.24) is 5.32 Å². The average Bonchev–Trinajstić information content (AvgIpc) is 2.53. The second-order valence-corrected chi connectivity index (χ2v) is 5.67. The highest BCUT2D eigenvalue weighted by molar-refractivity contribution is 6.31. The third-order valence-electron chi connectivity index (χ3n) is 3.46. The fraction of sp³-hybridized carbons (Fsp3) is 0.188. The summed E-state index contributed by atoms with van der Waals surface area (Å²) in [6, 6.07) is 7.24. The number of nitro groups is 1. The number of alkyl halides is 3. The van der Waals surface area contributed by atoms with Crippen molar-refractivity contribution in [3.63, 3.8) is 0 Å². The molecule has 132 valence electrons. The number of carbonyl (C=O) groups is 1. The lowest BCUT2D eigenvalue weighted by atomic mass is 10.0. The van der Waals surface area contributed by atoms with Crippen molar-refractivity contribution in [2.45, 2.75) is 19.1 Å². The number of amides is 1. The summed E-state index contributed by atoms with van der Waals surface area (Å²) in [5.74, 6) is -0.784. The molecule has 0 radical (unpaired) electrons. The van der Waals surface area contributed by atoms with Crippen LogP contribution in [0.15, 0.2) is 42.5 Å². The fourth-order valence-electron chi connectivity index (χ4n) is 2.19. The summed E-state index contributed by atoms with van der Waals surface area (Å²) in [5, 5.41) is 13.6. The zero-order valence-corrected chi connectivity index (χ0v) is 13.6. The van der Waals surface area contributed by atoms with Gasteiger partial charge in [-0.1, -0.05) is 23.7 Å². The van der Waals surface area contributed by atoms with Gasteiger partial charge in [0.15, 0.2) is 0 Å². The lowest BCUT2D eigenvalue weighted by molar-refractivity contribution is -0.385. The number of halogens is 4. The van der Waals surface area contributed by atoms with E-state index < -0.39 is 34.3 Å². The third kappa shape index (κ3) is 4.48. The van der Waals surface area contributed by atoms with E-state index >= 15 is 0 Å². The molecule has 0 saturated heterocycles. The van der Waals surface area contributed by atoms with Crippen molar-refractivity contribution in [2.24, 2.45) is 0 Å². The Morgan fingerprint density at radius 3 is 2.52 bits per heavy atom. The second-order valence-electron chi connectivity index (χ2n) is 5.24. The molecular weight excluding hydrogens is 361 g/mol. The smallest absolute Gasteiger partial charge is 0.345 e. The summed E-state index contributed by atoms with van der Waals surface area (Å²) in [6.45, 7) is 1.48. The molecule has 2 rings (SSSR count). The maximum Gasteiger partial charge on any atom is 0.416 e. The van der Waals surface area contributed by atoms with Gasteiger partial charge in [0.25, 0.3) is 11.6 Å². The van der Waals surface area contributed by atoms with Gasteiger partial charge in [-0.05, 0) is 36.8 Å². The predicted molar refractivity (Wildman–Crippen MR) is 85.4 cm³/mol. The monoisotopic (exact) mass is 372 g/mol. The van der Waals surface area contributed by atoms with Gasteiger partial charge in [0.2, 0.25) is 0 Å². The highest BCUT2D eigenvalue weighted by atomic mass is 35.5. The minimum Gasteiger partial charge on any atom is -0.345 e. The lowest BCUT2D eigenvalue weighted by Crippen LogP contribution is -2.27. The number of nitro benzene ring substituents is 1. The Hall–Kier alpha value is -2.61. The molecule has 0 saturated carbocycles. The maximum atomic E-state index is 12.8. The van der Waals surface area contributed by atoms with Gasteiger partial charge >= 0.3 is 6.18 Å². The minimum atomic E-state index is -4.51. The summed E-state index contributed by atoms with van der Waals surface area (Å²) in [5.41, 5.74) is -1.34. The van der Waals surface area contributed by atoms with Crippen LogP contribution in [0.5, 0.6) is 0 Å². The molecule has 0 spiro atoms. The van der Waals surface area contributed by atoms with Crippen LogP contribution < -0.4 is 5.32 Å². The van der Waals surface area contributed by atoms with Crippen LogP contribution >= 0.6 is 11.6 Å². The highest BCUT2D eigenvalue weighted by Crippen LogP contribution is 2.31. The molecule has 2 aromatic rings. The molecule has 0 heterocycles. The SMILES string of the molecule is CC(NC(=O)c1ccc(Cl)cc1[N+](=O)[O-])c1cccc(C(F)(F)F)c1. The van der Waals surface area contributed by atoms with Crippen LogP contribution in [0.4, 0.5) is 18.9 Å². The van der Waals surface area contributed by atoms with E-state index in [-0.39, 0.29) is 16.1 Å². The molecule has 9 heteroatoms. The van der Waals surface area contributed by atoms with Crippen molar-refractivity contribution < 1.29 is 22.9 Å². The van der Waals surface area contributed by atoms with Gasteiger partial charge in [-0.2, -0.15) is 13.2 Å². The topological polar surface area (TPSA) is 72.2 Å². The van der Waals surface area contributed by atoms with Gasteiger partial charge in [0.05, 0.1) is 16.5 Å². The van der Waals surface area contributed by atoms with Crippen molar-refractivity contribution >= 4 is 23.2 Å². The van der Waals surface area contributed by atoms with E-state index in [9.17, 15) is 28.1 Å². The molecule has 2 aromatic carbocycles. The molecule has 0 aliphatic heterocycles. The summed E-state index contributed by atoms with van der Waals surface area (Å²) in [7, 11) is 0. The Balaban J connectivity index is 2.26. The van der Waals surface area contributed by atoms with Gasteiger partial charge in [0.1, 0.15) is 5.56 Å². The van der Waals surface area contributed by atoms with Crippen LogP contribution in [0.25, 0.3) is 0 Å². The zero-order chi connectivity index (χ0) is 18.8. The Bertz CT molecular complexity index is 825. The fourth-order valence-corrected chi connectivity index (χ4v) is 2.36. The van der Waals surface area contributed by atoms with Crippen molar-refractivity contribution in [1.29, 1.82) is 0 Å². The van der Waals surface area contributed by atoms with Crippen molar-refractivity contribution in [3.8, 4) is 0 Å². The summed E-state index contributed by atoms with van der Waals surface area (Å²) >= 11 is 5.68. The van der Waals surface area contributed by atoms with Crippen molar-refractivity contribution in [3.05, 3.63) is 74.3 Å². The normalized spacial score (nSPS) is 12.5. The van der Waals surface area contributed by atoms with Gasteiger partial charge < -0.3 is 5.32 Å². The molecule has 25 heavy (non-hydrogen) atoms. The van der Waals surface area contributed by atoms with Crippen LogP contribution in [-0.2, 0) is 6.18 Å².